The van der Waals surface area contributed by atoms with Gasteiger partial charge in [0, 0.05) is 30.4 Å². The topological polar surface area (TPSA) is 38.1 Å². The van der Waals surface area contributed by atoms with E-state index in [9.17, 15) is 4.79 Å². The van der Waals surface area contributed by atoms with Crippen LogP contribution in [0, 0.1) is 13.8 Å². The van der Waals surface area contributed by atoms with Gasteiger partial charge in [-0.1, -0.05) is 48.3 Å². The van der Waals surface area contributed by atoms with E-state index in [1.165, 1.54) is 31.4 Å². The molecule has 1 saturated carbocycles. The number of thioether (sulfide) groups is 1. The lowest BCUT2D eigenvalue weighted by atomic mass is 10.2. The van der Waals surface area contributed by atoms with Gasteiger partial charge >= 0.3 is 0 Å². The molecule has 1 heterocycles. The number of imidazole rings is 1. The Bertz CT molecular complexity index is 783. The lowest BCUT2D eigenvalue weighted by molar-refractivity contribution is -0.127. The minimum absolute atomic E-state index is 0.103. The molecule has 4 nitrogen and oxygen atoms in total. The molecule has 3 rings (SSSR count). The molecule has 0 radical (unpaired) electrons. The van der Waals surface area contributed by atoms with Crippen molar-refractivity contribution in [3.8, 4) is 0 Å². The Kier molecular flexibility index (Phi) is 6.30. The van der Waals surface area contributed by atoms with Crippen LogP contribution in [-0.4, -0.2) is 33.2 Å². The first kappa shape index (κ1) is 19.3. The van der Waals surface area contributed by atoms with Gasteiger partial charge in [-0.15, -0.1) is 0 Å². The number of aromatic nitrogens is 2. The van der Waals surface area contributed by atoms with Crippen molar-refractivity contribution < 1.29 is 4.79 Å². The second-order valence-corrected chi connectivity index (χ2v) is 8.42. The molecule has 2 aromatic rings. The molecule has 0 spiro atoms. The third-order valence-electron chi connectivity index (χ3n) is 5.10. The van der Waals surface area contributed by atoms with Gasteiger partial charge < -0.3 is 9.47 Å². The summed E-state index contributed by atoms with van der Waals surface area (Å²) in [5.41, 5.74) is 3.34. The smallest absolute Gasteiger partial charge is 0.233 e. The van der Waals surface area contributed by atoms with Crippen LogP contribution in [0.15, 0.2) is 29.4 Å². The number of nitrogens with zero attached hydrogens (tertiary/aromatic N) is 3. The summed E-state index contributed by atoms with van der Waals surface area (Å²) in [5.74, 6) is 0.505. The molecule has 1 aliphatic rings. The van der Waals surface area contributed by atoms with Crippen molar-refractivity contribution in [2.45, 2.75) is 57.3 Å². The number of carbonyl (C=O) groups is 1. The Hall–Kier alpha value is -1.46. The number of aryl methyl sites for hydroxylation is 1. The highest BCUT2D eigenvalue weighted by Gasteiger charge is 2.23. The molecule has 140 valence electrons. The fraction of sp³-hybridized carbons (Fsp3) is 0.500. The average molecular weight is 392 g/mol. The van der Waals surface area contributed by atoms with Crippen molar-refractivity contribution in [3.05, 3.63) is 46.2 Å². The maximum atomic E-state index is 12.6. The second-order valence-electron chi connectivity index (χ2n) is 7.04. The summed E-state index contributed by atoms with van der Waals surface area (Å²) in [5, 5.41) is 1.68. The van der Waals surface area contributed by atoms with E-state index in [1.54, 1.807) is 16.7 Å². The van der Waals surface area contributed by atoms with E-state index in [-0.39, 0.29) is 5.91 Å². The van der Waals surface area contributed by atoms with Crippen molar-refractivity contribution in [1.29, 1.82) is 0 Å². The average Bonchev–Trinajstić information content (AvgIpc) is 3.21. The van der Waals surface area contributed by atoms with Crippen molar-refractivity contribution in [2.24, 2.45) is 0 Å². The number of halogens is 1. The third kappa shape index (κ3) is 4.44. The quantitative estimate of drug-likeness (QED) is 0.649. The van der Waals surface area contributed by atoms with Crippen LogP contribution in [0.25, 0.3) is 0 Å². The van der Waals surface area contributed by atoms with E-state index in [1.807, 2.05) is 31.3 Å². The summed E-state index contributed by atoms with van der Waals surface area (Å²) in [6.45, 7) is 4.75. The second kappa shape index (κ2) is 8.49. The maximum absolute atomic E-state index is 12.6. The Labute approximate surface area is 164 Å². The molecule has 0 atom stereocenters. The molecule has 1 aromatic carbocycles. The fourth-order valence-corrected chi connectivity index (χ4v) is 4.84. The maximum Gasteiger partial charge on any atom is 0.233 e. The monoisotopic (exact) mass is 391 g/mol. The van der Waals surface area contributed by atoms with Gasteiger partial charge in [0.15, 0.2) is 5.16 Å². The van der Waals surface area contributed by atoms with Crippen LogP contribution < -0.4 is 0 Å². The molecular weight excluding hydrogens is 366 g/mol. The molecule has 26 heavy (non-hydrogen) atoms. The summed E-state index contributed by atoms with van der Waals surface area (Å²) < 4.78 is 2.36. The predicted molar refractivity (Wildman–Crippen MR) is 108 cm³/mol. The molecule has 0 unspecified atom stereocenters. The number of carbonyl (C=O) groups excluding carboxylic acids is 1. The number of hydrogen-bond acceptors (Lipinski definition) is 3. The van der Waals surface area contributed by atoms with E-state index in [0.717, 1.165) is 16.4 Å². The van der Waals surface area contributed by atoms with Crippen LogP contribution in [0.5, 0.6) is 0 Å². The van der Waals surface area contributed by atoms with E-state index in [0.29, 0.717) is 23.4 Å². The molecule has 0 N–H and O–H groups in total. The fourth-order valence-electron chi connectivity index (χ4n) is 3.52. The van der Waals surface area contributed by atoms with E-state index >= 15 is 0 Å². The molecule has 6 heteroatoms. The molecule has 1 amide bonds. The highest BCUT2D eigenvalue weighted by molar-refractivity contribution is 7.99. The predicted octanol–water partition coefficient (Wildman–Crippen LogP) is 5.02. The van der Waals surface area contributed by atoms with E-state index in [2.05, 4.69) is 18.4 Å². The summed E-state index contributed by atoms with van der Waals surface area (Å²) in [7, 11) is 1.84. The van der Waals surface area contributed by atoms with E-state index < -0.39 is 0 Å². The molecule has 0 saturated heterocycles. The Morgan fingerprint density at radius 2 is 2.08 bits per heavy atom. The van der Waals surface area contributed by atoms with Crippen LogP contribution in [0.4, 0.5) is 0 Å². The SMILES string of the molecule is Cc1nc(SCC(=O)N(C)Cc2cccc(Cl)c2)n(C2CCCC2)c1C. The largest absolute Gasteiger partial charge is 0.341 e. The molecule has 1 aliphatic carbocycles. The van der Waals surface area contributed by atoms with Crippen LogP contribution in [0.2, 0.25) is 5.02 Å². The van der Waals surface area contributed by atoms with Crippen LogP contribution in [-0.2, 0) is 11.3 Å². The normalized spacial score (nSPS) is 14.8. The first-order valence-corrected chi connectivity index (χ1v) is 10.5. The zero-order chi connectivity index (χ0) is 18.7. The number of hydrogen-bond donors (Lipinski definition) is 0. The summed E-state index contributed by atoms with van der Waals surface area (Å²) in [6.07, 6.45) is 5.00. The van der Waals surface area contributed by atoms with Crippen molar-refractivity contribution >= 4 is 29.3 Å². The lowest BCUT2D eigenvalue weighted by Crippen LogP contribution is -2.28. The van der Waals surface area contributed by atoms with Crippen LogP contribution >= 0.6 is 23.4 Å². The lowest BCUT2D eigenvalue weighted by Gasteiger charge is -2.19. The first-order valence-electron chi connectivity index (χ1n) is 9.12. The molecule has 0 aliphatic heterocycles. The Balaban J connectivity index is 1.63. The van der Waals surface area contributed by atoms with Gasteiger partial charge in [0.05, 0.1) is 11.4 Å². The highest BCUT2D eigenvalue weighted by Crippen LogP contribution is 2.35. The Morgan fingerprint density at radius 1 is 1.35 bits per heavy atom. The number of amides is 1. The van der Waals surface area contributed by atoms with E-state index in [4.69, 9.17) is 16.6 Å². The van der Waals surface area contributed by atoms with Crippen molar-refractivity contribution in [3.63, 3.8) is 0 Å². The van der Waals surface area contributed by atoms with Crippen LogP contribution in [0.3, 0.4) is 0 Å². The number of rotatable bonds is 6. The summed E-state index contributed by atoms with van der Waals surface area (Å²) >= 11 is 7.58. The zero-order valence-electron chi connectivity index (χ0n) is 15.7. The van der Waals surface area contributed by atoms with Gasteiger partial charge in [-0.2, -0.15) is 0 Å². The minimum Gasteiger partial charge on any atom is -0.341 e. The van der Waals surface area contributed by atoms with Gasteiger partial charge in [0.2, 0.25) is 5.91 Å². The van der Waals surface area contributed by atoms with Gasteiger partial charge in [-0.3, -0.25) is 4.79 Å². The van der Waals surface area contributed by atoms with Gasteiger partial charge in [-0.25, -0.2) is 4.98 Å². The number of benzene rings is 1. The zero-order valence-corrected chi connectivity index (χ0v) is 17.2. The molecule has 0 bridgehead atoms. The Morgan fingerprint density at radius 3 is 2.77 bits per heavy atom. The minimum atomic E-state index is 0.103. The van der Waals surface area contributed by atoms with Crippen molar-refractivity contribution in [2.75, 3.05) is 12.8 Å². The third-order valence-corrected chi connectivity index (χ3v) is 6.28. The summed E-state index contributed by atoms with van der Waals surface area (Å²) in [4.78, 5) is 19.0. The standard InChI is InChI=1S/C20H26ClN3OS/c1-14-15(2)24(18-9-4-5-10-18)20(22-14)26-13-19(25)23(3)12-16-7-6-8-17(21)11-16/h6-8,11,18H,4-5,9-10,12-13H2,1-3H3. The molecular formula is C20H26ClN3OS. The first-order chi connectivity index (χ1) is 12.5. The van der Waals surface area contributed by atoms with Gasteiger partial charge in [0.1, 0.15) is 0 Å². The van der Waals surface area contributed by atoms with Crippen LogP contribution in [0.1, 0.15) is 48.7 Å². The molecule has 1 aromatic heterocycles. The van der Waals surface area contributed by atoms with Gasteiger partial charge in [-0.05, 0) is 44.4 Å². The van der Waals surface area contributed by atoms with Crippen molar-refractivity contribution in [1.82, 2.24) is 14.5 Å². The van der Waals surface area contributed by atoms with Gasteiger partial charge in [0.25, 0.3) is 0 Å². The summed E-state index contributed by atoms with van der Waals surface area (Å²) in [6, 6.07) is 8.18. The molecule has 1 fully saturated rings. The highest BCUT2D eigenvalue weighted by atomic mass is 35.5.